The Hall–Kier alpha value is -1.63. The van der Waals surface area contributed by atoms with E-state index in [1.165, 1.54) is 0 Å². The van der Waals surface area contributed by atoms with Crippen molar-refractivity contribution >= 4 is 11.7 Å². The van der Waals surface area contributed by atoms with Crippen LogP contribution in [0, 0.1) is 0 Å². The maximum absolute atomic E-state index is 11.4. The number of hydrogen-bond donors (Lipinski definition) is 3. The second kappa shape index (κ2) is 4.26. The van der Waals surface area contributed by atoms with Crippen LogP contribution in [0.1, 0.15) is 30.8 Å². The van der Waals surface area contributed by atoms with Crippen LogP contribution < -0.4 is 11.1 Å². The molecule has 1 aromatic rings. The van der Waals surface area contributed by atoms with E-state index in [0.717, 1.165) is 0 Å². The lowest BCUT2D eigenvalue weighted by atomic mass is 10.0. The normalized spacial score (nSPS) is 14.6. The third-order valence-corrected chi connectivity index (χ3v) is 2.12. The van der Waals surface area contributed by atoms with Gasteiger partial charge in [0.2, 0.25) is 11.5 Å². The monoisotopic (exact) mass is 214 g/mol. The molecule has 0 aromatic carbocycles. The number of amides is 1. The molecule has 84 valence electrons. The van der Waals surface area contributed by atoms with Crippen LogP contribution in [0.15, 0.2) is 4.63 Å². The molecule has 1 heterocycles. The van der Waals surface area contributed by atoms with Gasteiger partial charge in [0, 0.05) is 6.54 Å². The maximum Gasteiger partial charge on any atom is 0.277 e. The van der Waals surface area contributed by atoms with Gasteiger partial charge in [0.05, 0.1) is 5.60 Å². The SMILES string of the molecule is CCC(C)(O)CNC(=O)c1nonc1N. The molecule has 0 aliphatic carbocycles. The van der Waals surface area contributed by atoms with Crippen LogP contribution in [0.4, 0.5) is 5.82 Å². The van der Waals surface area contributed by atoms with E-state index < -0.39 is 11.5 Å². The lowest BCUT2D eigenvalue weighted by Gasteiger charge is -2.20. The Balaban J connectivity index is 2.55. The minimum atomic E-state index is -0.943. The summed E-state index contributed by atoms with van der Waals surface area (Å²) in [6, 6.07) is 0. The number of nitrogens with one attached hydrogen (secondary N) is 1. The predicted molar refractivity (Wildman–Crippen MR) is 52.0 cm³/mol. The quantitative estimate of drug-likeness (QED) is 0.625. The van der Waals surface area contributed by atoms with Crippen molar-refractivity contribution in [3.63, 3.8) is 0 Å². The van der Waals surface area contributed by atoms with Crippen molar-refractivity contribution in [2.75, 3.05) is 12.3 Å². The minimum absolute atomic E-state index is 0.0661. The molecule has 1 amide bonds. The molecule has 0 saturated heterocycles. The number of nitrogens with zero attached hydrogens (tertiary/aromatic N) is 2. The molecule has 7 nitrogen and oxygen atoms in total. The van der Waals surface area contributed by atoms with E-state index in [1.54, 1.807) is 6.92 Å². The molecule has 0 aliphatic heterocycles. The Labute approximate surface area is 86.6 Å². The average Bonchev–Trinajstić information content (AvgIpc) is 2.61. The van der Waals surface area contributed by atoms with Crippen LogP contribution in [-0.4, -0.2) is 33.5 Å². The van der Waals surface area contributed by atoms with Crippen molar-refractivity contribution in [3.8, 4) is 0 Å². The molecule has 0 spiro atoms. The molecule has 15 heavy (non-hydrogen) atoms. The van der Waals surface area contributed by atoms with Crippen molar-refractivity contribution in [2.24, 2.45) is 0 Å². The van der Waals surface area contributed by atoms with Crippen LogP contribution in [0.2, 0.25) is 0 Å². The van der Waals surface area contributed by atoms with E-state index in [-0.39, 0.29) is 18.1 Å². The number of aromatic nitrogens is 2. The highest BCUT2D eigenvalue weighted by molar-refractivity contribution is 5.95. The van der Waals surface area contributed by atoms with Gasteiger partial charge in [-0.1, -0.05) is 6.92 Å². The number of rotatable bonds is 4. The third kappa shape index (κ3) is 2.91. The molecule has 4 N–H and O–H groups in total. The second-order valence-corrected chi connectivity index (χ2v) is 3.53. The number of carbonyl (C=O) groups is 1. The minimum Gasteiger partial charge on any atom is -0.388 e. The summed E-state index contributed by atoms with van der Waals surface area (Å²) in [5, 5.41) is 18.7. The summed E-state index contributed by atoms with van der Waals surface area (Å²) in [6.07, 6.45) is 0.528. The van der Waals surface area contributed by atoms with Crippen LogP contribution >= 0.6 is 0 Å². The van der Waals surface area contributed by atoms with E-state index in [0.29, 0.717) is 6.42 Å². The molecule has 0 saturated carbocycles. The van der Waals surface area contributed by atoms with E-state index in [2.05, 4.69) is 20.3 Å². The van der Waals surface area contributed by atoms with Gasteiger partial charge in [-0.05, 0) is 23.7 Å². The average molecular weight is 214 g/mol. The fraction of sp³-hybridized carbons (Fsp3) is 0.625. The molecule has 7 heteroatoms. The van der Waals surface area contributed by atoms with Crippen molar-refractivity contribution in [3.05, 3.63) is 5.69 Å². The summed E-state index contributed by atoms with van der Waals surface area (Å²) in [6.45, 7) is 3.56. The first kappa shape index (κ1) is 11.4. The summed E-state index contributed by atoms with van der Waals surface area (Å²) < 4.78 is 4.28. The Bertz CT molecular complexity index is 347. The molecule has 1 rings (SSSR count). The standard InChI is InChI=1S/C8H14N4O3/c1-3-8(2,14)4-10-7(13)5-6(9)12-15-11-5/h14H,3-4H2,1-2H3,(H2,9,12)(H,10,13). The molecule has 1 unspecified atom stereocenters. The van der Waals surface area contributed by atoms with E-state index in [9.17, 15) is 9.90 Å². The zero-order valence-electron chi connectivity index (χ0n) is 8.65. The molecule has 0 radical (unpaired) electrons. The Morgan fingerprint density at radius 3 is 2.80 bits per heavy atom. The fourth-order valence-corrected chi connectivity index (χ4v) is 0.832. The van der Waals surface area contributed by atoms with Crippen LogP contribution in [0.3, 0.4) is 0 Å². The number of hydrogen-bond acceptors (Lipinski definition) is 6. The molecule has 1 aromatic heterocycles. The van der Waals surface area contributed by atoms with Crippen molar-refractivity contribution in [1.82, 2.24) is 15.6 Å². The highest BCUT2D eigenvalue weighted by Gasteiger charge is 2.21. The fourth-order valence-electron chi connectivity index (χ4n) is 0.832. The Morgan fingerprint density at radius 1 is 1.67 bits per heavy atom. The largest absolute Gasteiger partial charge is 0.388 e. The molecule has 0 aliphatic rings. The van der Waals surface area contributed by atoms with Gasteiger partial charge in [0.1, 0.15) is 0 Å². The van der Waals surface area contributed by atoms with Gasteiger partial charge in [-0.2, -0.15) is 0 Å². The first-order chi connectivity index (χ1) is 6.96. The van der Waals surface area contributed by atoms with Crippen LogP contribution in [0.25, 0.3) is 0 Å². The summed E-state index contributed by atoms with van der Waals surface area (Å²) in [5.74, 6) is -0.578. The summed E-state index contributed by atoms with van der Waals surface area (Å²) in [4.78, 5) is 11.4. The van der Waals surface area contributed by atoms with Gasteiger partial charge in [-0.25, -0.2) is 4.63 Å². The van der Waals surface area contributed by atoms with Gasteiger partial charge < -0.3 is 16.2 Å². The summed E-state index contributed by atoms with van der Waals surface area (Å²) in [5.41, 5.74) is 4.31. The van der Waals surface area contributed by atoms with E-state index in [4.69, 9.17) is 5.73 Å². The lowest BCUT2D eigenvalue weighted by molar-refractivity contribution is 0.0516. The summed E-state index contributed by atoms with van der Waals surface area (Å²) >= 11 is 0. The van der Waals surface area contributed by atoms with Crippen molar-refractivity contribution in [1.29, 1.82) is 0 Å². The number of aliphatic hydroxyl groups is 1. The zero-order valence-corrected chi connectivity index (χ0v) is 8.65. The number of nitrogen functional groups attached to an aromatic ring is 1. The smallest absolute Gasteiger partial charge is 0.277 e. The molecular formula is C8H14N4O3. The predicted octanol–water partition coefficient (Wildman–Crippen LogP) is -0.457. The van der Waals surface area contributed by atoms with Crippen molar-refractivity contribution < 1.29 is 14.5 Å². The topological polar surface area (TPSA) is 114 Å². The third-order valence-electron chi connectivity index (χ3n) is 2.12. The number of nitrogens with two attached hydrogens (primary N) is 1. The van der Waals surface area contributed by atoms with Gasteiger partial charge in [0.15, 0.2) is 0 Å². The Morgan fingerprint density at radius 2 is 2.33 bits per heavy atom. The highest BCUT2D eigenvalue weighted by atomic mass is 16.6. The zero-order chi connectivity index (χ0) is 11.5. The van der Waals surface area contributed by atoms with E-state index >= 15 is 0 Å². The van der Waals surface area contributed by atoms with Gasteiger partial charge in [-0.15, -0.1) is 0 Å². The van der Waals surface area contributed by atoms with Gasteiger partial charge >= 0.3 is 0 Å². The molecular weight excluding hydrogens is 200 g/mol. The number of carbonyl (C=O) groups excluding carboxylic acids is 1. The number of anilines is 1. The van der Waals surface area contributed by atoms with Gasteiger partial charge in [0.25, 0.3) is 5.91 Å². The first-order valence-corrected chi connectivity index (χ1v) is 4.55. The van der Waals surface area contributed by atoms with E-state index in [1.807, 2.05) is 6.92 Å². The highest BCUT2D eigenvalue weighted by Crippen LogP contribution is 2.08. The molecule has 0 bridgehead atoms. The van der Waals surface area contributed by atoms with Crippen molar-refractivity contribution in [2.45, 2.75) is 25.9 Å². The maximum atomic E-state index is 11.4. The molecule has 0 fully saturated rings. The Kier molecular flexibility index (Phi) is 3.25. The first-order valence-electron chi connectivity index (χ1n) is 4.55. The van der Waals surface area contributed by atoms with Crippen LogP contribution in [-0.2, 0) is 0 Å². The second-order valence-electron chi connectivity index (χ2n) is 3.53. The lowest BCUT2D eigenvalue weighted by Crippen LogP contribution is -2.40. The summed E-state index contributed by atoms with van der Waals surface area (Å²) in [7, 11) is 0. The van der Waals surface area contributed by atoms with Gasteiger partial charge in [-0.3, -0.25) is 4.79 Å². The van der Waals surface area contributed by atoms with Crippen LogP contribution in [0.5, 0.6) is 0 Å². The molecule has 1 atom stereocenters.